The summed E-state index contributed by atoms with van der Waals surface area (Å²) >= 11 is 0. The maximum absolute atomic E-state index is 9.82. The number of rotatable bonds is 6. The van der Waals surface area contributed by atoms with Crippen LogP contribution < -0.4 is 5.32 Å². The molecule has 2 nitrogen and oxygen atoms in total. The lowest BCUT2D eigenvalue weighted by Crippen LogP contribution is -2.35. The molecule has 0 heterocycles. The minimum atomic E-state index is -0.226. The van der Waals surface area contributed by atoms with Gasteiger partial charge in [0.15, 0.2) is 0 Å². The molecule has 0 aromatic rings. The van der Waals surface area contributed by atoms with Gasteiger partial charge in [-0.05, 0) is 18.8 Å². The molecule has 0 aliphatic heterocycles. The van der Waals surface area contributed by atoms with Gasteiger partial charge < -0.3 is 10.4 Å². The van der Waals surface area contributed by atoms with Crippen molar-refractivity contribution in [1.82, 2.24) is 5.32 Å². The van der Waals surface area contributed by atoms with E-state index < -0.39 is 0 Å². The van der Waals surface area contributed by atoms with Crippen molar-refractivity contribution >= 4 is 0 Å². The molecule has 1 saturated carbocycles. The molecule has 0 aromatic heterocycles. The molecule has 2 heteroatoms. The molecule has 86 valence electrons. The first-order chi connectivity index (χ1) is 7.26. The first-order valence-corrected chi connectivity index (χ1v) is 6.13. The van der Waals surface area contributed by atoms with Gasteiger partial charge in [-0.15, -0.1) is 6.42 Å². The molecule has 0 saturated heterocycles. The Morgan fingerprint density at radius 1 is 1.47 bits per heavy atom. The number of aliphatic hydroxyl groups is 1. The fraction of sp³-hybridized carbons (Fsp3) is 0.846. The molecule has 2 atom stereocenters. The summed E-state index contributed by atoms with van der Waals surface area (Å²) in [4.78, 5) is 0. The summed E-state index contributed by atoms with van der Waals surface area (Å²) in [6, 6.07) is 0.114. The fourth-order valence-corrected chi connectivity index (χ4v) is 2.31. The zero-order valence-electron chi connectivity index (χ0n) is 9.71. The molecule has 0 amide bonds. The third kappa shape index (κ3) is 4.68. The van der Waals surface area contributed by atoms with Crippen molar-refractivity contribution in [3.8, 4) is 12.3 Å². The van der Waals surface area contributed by atoms with E-state index in [1.54, 1.807) is 0 Å². The Kier molecular flexibility index (Phi) is 5.75. The number of hydrogen-bond acceptors (Lipinski definition) is 2. The Bertz CT molecular complexity index is 203. The van der Waals surface area contributed by atoms with Crippen molar-refractivity contribution in [3.05, 3.63) is 0 Å². The lowest BCUT2D eigenvalue weighted by atomic mass is 10.00. The highest BCUT2D eigenvalue weighted by molar-refractivity contribution is 4.98. The van der Waals surface area contributed by atoms with Crippen LogP contribution in [0.3, 0.4) is 0 Å². The van der Waals surface area contributed by atoms with E-state index in [4.69, 9.17) is 6.42 Å². The summed E-state index contributed by atoms with van der Waals surface area (Å²) in [5.74, 6) is 3.42. The van der Waals surface area contributed by atoms with Crippen LogP contribution in [0.4, 0.5) is 0 Å². The first kappa shape index (κ1) is 12.5. The maximum Gasteiger partial charge on any atom is 0.0685 e. The summed E-state index contributed by atoms with van der Waals surface area (Å²) in [5, 5.41) is 13.0. The second-order valence-corrected chi connectivity index (χ2v) is 4.58. The SMILES string of the molecule is C#CC(CC)NCC(O)CC1CCCC1. The molecule has 0 spiro atoms. The Morgan fingerprint density at radius 2 is 2.13 bits per heavy atom. The lowest BCUT2D eigenvalue weighted by Gasteiger charge is -2.18. The number of aliphatic hydroxyl groups excluding tert-OH is 1. The van der Waals surface area contributed by atoms with Gasteiger partial charge >= 0.3 is 0 Å². The first-order valence-electron chi connectivity index (χ1n) is 6.13. The highest BCUT2D eigenvalue weighted by atomic mass is 16.3. The van der Waals surface area contributed by atoms with Gasteiger partial charge in [-0.1, -0.05) is 38.5 Å². The fourth-order valence-electron chi connectivity index (χ4n) is 2.31. The van der Waals surface area contributed by atoms with Gasteiger partial charge in [0.1, 0.15) is 0 Å². The van der Waals surface area contributed by atoms with Crippen LogP contribution in [0.2, 0.25) is 0 Å². The minimum absolute atomic E-state index is 0.114. The van der Waals surface area contributed by atoms with Gasteiger partial charge in [0.05, 0.1) is 12.1 Å². The van der Waals surface area contributed by atoms with Crippen LogP contribution in [0.5, 0.6) is 0 Å². The highest BCUT2D eigenvalue weighted by Gasteiger charge is 2.18. The zero-order chi connectivity index (χ0) is 11.1. The third-order valence-electron chi connectivity index (χ3n) is 3.29. The van der Waals surface area contributed by atoms with Crippen molar-refractivity contribution < 1.29 is 5.11 Å². The number of hydrogen-bond donors (Lipinski definition) is 2. The summed E-state index contributed by atoms with van der Waals surface area (Å²) in [5.41, 5.74) is 0. The molecule has 1 fully saturated rings. The minimum Gasteiger partial charge on any atom is -0.392 e. The quantitative estimate of drug-likeness (QED) is 0.655. The van der Waals surface area contributed by atoms with E-state index in [-0.39, 0.29) is 12.1 Å². The molecule has 0 radical (unpaired) electrons. The zero-order valence-corrected chi connectivity index (χ0v) is 9.71. The topological polar surface area (TPSA) is 32.3 Å². The summed E-state index contributed by atoms with van der Waals surface area (Å²) < 4.78 is 0. The van der Waals surface area contributed by atoms with Crippen LogP contribution >= 0.6 is 0 Å². The van der Waals surface area contributed by atoms with Crippen LogP contribution in [0.15, 0.2) is 0 Å². The molecular formula is C13H23NO. The van der Waals surface area contributed by atoms with Crippen LogP contribution in [0, 0.1) is 18.3 Å². The van der Waals surface area contributed by atoms with Crippen LogP contribution in [-0.4, -0.2) is 23.8 Å². The Morgan fingerprint density at radius 3 is 2.67 bits per heavy atom. The van der Waals surface area contributed by atoms with Gasteiger partial charge in [0.2, 0.25) is 0 Å². The van der Waals surface area contributed by atoms with Crippen molar-refractivity contribution in [3.63, 3.8) is 0 Å². The average Bonchev–Trinajstić information content (AvgIpc) is 2.72. The van der Waals surface area contributed by atoms with E-state index in [2.05, 4.69) is 18.2 Å². The Balaban J connectivity index is 2.12. The largest absolute Gasteiger partial charge is 0.392 e. The van der Waals surface area contributed by atoms with E-state index in [1.807, 2.05) is 0 Å². The van der Waals surface area contributed by atoms with Crippen LogP contribution in [0.25, 0.3) is 0 Å². The molecule has 0 aromatic carbocycles. The lowest BCUT2D eigenvalue weighted by molar-refractivity contribution is 0.139. The highest BCUT2D eigenvalue weighted by Crippen LogP contribution is 2.28. The van der Waals surface area contributed by atoms with Crippen LogP contribution in [0.1, 0.15) is 45.4 Å². The van der Waals surface area contributed by atoms with E-state index in [0.717, 1.165) is 18.8 Å². The Hall–Kier alpha value is -0.520. The number of terminal acetylenes is 1. The monoisotopic (exact) mass is 209 g/mol. The predicted molar refractivity (Wildman–Crippen MR) is 63.5 cm³/mol. The summed E-state index contributed by atoms with van der Waals surface area (Å²) in [6.07, 6.45) is 12.2. The maximum atomic E-state index is 9.82. The molecule has 1 aliphatic carbocycles. The summed E-state index contributed by atoms with van der Waals surface area (Å²) in [7, 11) is 0. The van der Waals surface area contributed by atoms with Gasteiger partial charge in [-0.25, -0.2) is 0 Å². The van der Waals surface area contributed by atoms with Gasteiger partial charge in [-0.2, -0.15) is 0 Å². The van der Waals surface area contributed by atoms with Crippen molar-refractivity contribution in [1.29, 1.82) is 0 Å². The van der Waals surface area contributed by atoms with Crippen LogP contribution in [-0.2, 0) is 0 Å². The second-order valence-electron chi connectivity index (χ2n) is 4.58. The second kappa shape index (κ2) is 6.87. The van der Waals surface area contributed by atoms with E-state index in [1.165, 1.54) is 25.7 Å². The molecule has 15 heavy (non-hydrogen) atoms. The molecule has 1 rings (SSSR count). The van der Waals surface area contributed by atoms with E-state index in [0.29, 0.717) is 6.54 Å². The predicted octanol–water partition coefficient (Wildman–Crippen LogP) is 1.93. The molecule has 2 N–H and O–H groups in total. The van der Waals surface area contributed by atoms with E-state index >= 15 is 0 Å². The number of nitrogens with one attached hydrogen (secondary N) is 1. The van der Waals surface area contributed by atoms with Gasteiger partial charge in [0.25, 0.3) is 0 Å². The van der Waals surface area contributed by atoms with Gasteiger partial charge in [0, 0.05) is 6.54 Å². The Labute approximate surface area is 93.5 Å². The van der Waals surface area contributed by atoms with Crippen molar-refractivity contribution in [2.75, 3.05) is 6.54 Å². The van der Waals surface area contributed by atoms with E-state index in [9.17, 15) is 5.11 Å². The third-order valence-corrected chi connectivity index (χ3v) is 3.29. The molecule has 0 bridgehead atoms. The summed E-state index contributed by atoms with van der Waals surface area (Å²) in [6.45, 7) is 2.69. The molecule has 1 aliphatic rings. The van der Waals surface area contributed by atoms with Gasteiger partial charge in [-0.3, -0.25) is 0 Å². The smallest absolute Gasteiger partial charge is 0.0685 e. The normalized spacial score (nSPS) is 21.1. The molecular weight excluding hydrogens is 186 g/mol. The van der Waals surface area contributed by atoms with Crippen molar-refractivity contribution in [2.45, 2.75) is 57.6 Å². The molecule has 2 unspecified atom stereocenters. The standard InChI is InChI=1S/C13H23NO/c1-3-12(4-2)14-10-13(15)9-11-7-5-6-8-11/h1,11-15H,4-10H2,2H3. The van der Waals surface area contributed by atoms with Crippen molar-refractivity contribution in [2.24, 2.45) is 5.92 Å². The average molecular weight is 209 g/mol.